The van der Waals surface area contributed by atoms with E-state index in [0.717, 1.165) is 11.4 Å². The van der Waals surface area contributed by atoms with Crippen LogP contribution in [0.4, 0.5) is 0 Å². The predicted molar refractivity (Wildman–Crippen MR) is 134 cm³/mol. The van der Waals surface area contributed by atoms with Crippen LogP contribution in [0.1, 0.15) is 0 Å². The van der Waals surface area contributed by atoms with Crippen LogP contribution in [0.2, 0.25) is 0 Å². The molecule has 0 fully saturated rings. The summed E-state index contributed by atoms with van der Waals surface area (Å²) in [5, 5.41) is 13.5. The van der Waals surface area contributed by atoms with Gasteiger partial charge in [-0.15, -0.1) is 47.2 Å². The van der Waals surface area contributed by atoms with Gasteiger partial charge in [0.2, 0.25) is 0 Å². The van der Waals surface area contributed by atoms with Crippen LogP contribution in [0, 0.1) is 0 Å². The zero-order valence-electron chi connectivity index (χ0n) is 18.3. The third-order valence-corrected chi connectivity index (χ3v) is 4.98. The van der Waals surface area contributed by atoms with E-state index in [2.05, 4.69) is 96.2 Å². The van der Waals surface area contributed by atoms with Crippen molar-refractivity contribution < 1.29 is 21.7 Å². The quantitative estimate of drug-likeness (QED) is 0.163. The van der Waals surface area contributed by atoms with Gasteiger partial charge in [0.1, 0.15) is 0 Å². The van der Waals surface area contributed by atoms with Crippen molar-refractivity contribution in [3.05, 3.63) is 135 Å². The summed E-state index contributed by atoms with van der Waals surface area (Å²) >= 11 is 0. The van der Waals surface area contributed by atoms with Crippen molar-refractivity contribution in [3.63, 3.8) is 0 Å². The topological polar surface area (TPSA) is 35.6 Å². The van der Waals surface area contributed by atoms with Crippen LogP contribution in [0.15, 0.2) is 135 Å². The SMILES string of the molecule is C=CC=C.[Ti+2].c1ccc2c(c1)cc[c-]2-n1cccn1.c1ccc2c(c1)cc[c-]2-n1cccn1. The van der Waals surface area contributed by atoms with Gasteiger partial charge in [-0.25, -0.2) is 0 Å². The number of nitrogens with zero attached hydrogens (tertiary/aromatic N) is 4. The van der Waals surface area contributed by atoms with E-state index in [4.69, 9.17) is 0 Å². The first-order valence-corrected chi connectivity index (χ1v) is 10.3. The Hall–Kier alpha value is -3.73. The molecule has 5 heteroatoms. The van der Waals surface area contributed by atoms with Gasteiger partial charge in [-0.2, -0.15) is 10.2 Å². The molecule has 0 radical (unpaired) electrons. The van der Waals surface area contributed by atoms with E-state index in [0.29, 0.717) is 0 Å². The van der Waals surface area contributed by atoms with Crippen molar-refractivity contribution in [1.82, 2.24) is 19.6 Å². The van der Waals surface area contributed by atoms with Gasteiger partial charge in [-0.1, -0.05) is 84.6 Å². The number of hydrogen-bond acceptors (Lipinski definition) is 2. The molecule has 160 valence electrons. The molecular weight excluding hydrogens is 440 g/mol. The molecule has 0 aliphatic rings. The number of benzene rings is 2. The van der Waals surface area contributed by atoms with Crippen molar-refractivity contribution >= 4 is 21.5 Å². The molecule has 0 aliphatic heterocycles. The van der Waals surface area contributed by atoms with Crippen LogP contribution in [0.3, 0.4) is 0 Å². The minimum atomic E-state index is 0. The molecule has 0 atom stereocenters. The summed E-state index contributed by atoms with van der Waals surface area (Å²) in [6, 6.07) is 29.0. The van der Waals surface area contributed by atoms with E-state index in [1.807, 2.05) is 33.9 Å². The van der Waals surface area contributed by atoms with Crippen LogP contribution < -0.4 is 0 Å². The molecule has 4 aromatic carbocycles. The molecule has 6 aromatic rings. The average molecular weight is 464 g/mol. The van der Waals surface area contributed by atoms with Gasteiger partial charge in [0, 0.05) is 12.4 Å². The second kappa shape index (κ2) is 11.8. The molecule has 2 aromatic heterocycles. The van der Waals surface area contributed by atoms with Gasteiger partial charge in [-0.05, 0) is 23.8 Å². The number of fused-ring (bicyclic) bond motifs is 2. The predicted octanol–water partition coefficient (Wildman–Crippen LogP) is 6.84. The third kappa shape index (κ3) is 5.56. The minimum Gasteiger partial charge on any atom is -0.304 e. The maximum Gasteiger partial charge on any atom is 2.00 e. The molecule has 0 amide bonds. The van der Waals surface area contributed by atoms with Crippen LogP contribution in [-0.2, 0) is 21.7 Å². The normalized spacial score (nSPS) is 9.82. The molecule has 6 rings (SSSR count). The standard InChI is InChI=1S/2C12H9N2.C4H6.Ti/c2*1-2-5-11-10(4-1)6-7-12(11)14-9-3-8-13-14;1-3-4-2;/h2*1-9H;3-4H,1-2H2;/q2*-1;;+2. The molecule has 0 saturated carbocycles. The van der Waals surface area contributed by atoms with Crippen LogP contribution in [0.5, 0.6) is 0 Å². The number of hydrogen-bond donors (Lipinski definition) is 0. The van der Waals surface area contributed by atoms with E-state index < -0.39 is 0 Å². The summed E-state index contributed by atoms with van der Waals surface area (Å²) in [7, 11) is 0. The molecule has 0 saturated heterocycles. The fourth-order valence-corrected chi connectivity index (χ4v) is 3.49. The Morgan fingerprint density at radius 3 is 1.39 bits per heavy atom. The summed E-state index contributed by atoms with van der Waals surface area (Å²) in [4.78, 5) is 0. The monoisotopic (exact) mass is 464 g/mol. The molecule has 0 aliphatic carbocycles. The molecule has 0 N–H and O–H groups in total. The summed E-state index contributed by atoms with van der Waals surface area (Å²) < 4.78 is 3.78. The molecule has 4 nitrogen and oxygen atoms in total. The van der Waals surface area contributed by atoms with Crippen molar-refractivity contribution in [3.8, 4) is 11.4 Å². The van der Waals surface area contributed by atoms with Crippen molar-refractivity contribution in [2.24, 2.45) is 0 Å². The smallest absolute Gasteiger partial charge is 0.304 e. The minimum absolute atomic E-state index is 0. The third-order valence-electron chi connectivity index (χ3n) is 4.98. The summed E-state index contributed by atoms with van der Waals surface area (Å²) in [6.07, 6.45) is 10.8. The second-order valence-electron chi connectivity index (χ2n) is 6.98. The van der Waals surface area contributed by atoms with Gasteiger partial charge < -0.3 is 9.36 Å². The number of rotatable bonds is 3. The van der Waals surface area contributed by atoms with Gasteiger partial charge >= 0.3 is 21.7 Å². The second-order valence-corrected chi connectivity index (χ2v) is 6.98. The van der Waals surface area contributed by atoms with E-state index in [1.165, 1.54) is 21.5 Å². The van der Waals surface area contributed by atoms with Gasteiger partial charge in [-0.3, -0.25) is 0 Å². The fraction of sp³-hybridized carbons (Fsp3) is 0. The fourth-order valence-electron chi connectivity index (χ4n) is 3.49. The zero-order chi connectivity index (χ0) is 22.2. The Balaban J connectivity index is 0.000000156. The van der Waals surface area contributed by atoms with Crippen molar-refractivity contribution in [2.75, 3.05) is 0 Å². The Bertz CT molecular complexity index is 1290. The molecule has 0 unspecified atom stereocenters. The Morgan fingerprint density at radius 2 is 1.03 bits per heavy atom. The molecular formula is C28H24N4Ti. The summed E-state index contributed by atoms with van der Waals surface area (Å²) in [5.74, 6) is 0. The van der Waals surface area contributed by atoms with E-state index >= 15 is 0 Å². The van der Waals surface area contributed by atoms with Crippen molar-refractivity contribution in [1.29, 1.82) is 0 Å². The zero-order valence-corrected chi connectivity index (χ0v) is 19.8. The first kappa shape index (κ1) is 23.9. The Morgan fingerprint density at radius 1 is 0.606 bits per heavy atom. The van der Waals surface area contributed by atoms with E-state index in [9.17, 15) is 0 Å². The maximum atomic E-state index is 4.23. The van der Waals surface area contributed by atoms with E-state index in [-0.39, 0.29) is 21.7 Å². The van der Waals surface area contributed by atoms with Crippen molar-refractivity contribution in [2.45, 2.75) is 0 Å². The van der Waals surface area contributed by atoms with E-state index in [1.54, 1.807) is 24.5 Å². The first-order valence-electron chi connectivity index (χ1n) is 10.3. The van der Waals surface area contributed by atoms with Crippen LogP contribution >= 0.6 is 0 Å². The van der Waals surface area contributed by atoms with Crippen LogP contribution in [0.25, 0.3) is 32.9 Å². The largest absolute Gasteiger partial charge is 2.00 e. The molecule has 33 heavy (non-hydrogen) atoms. The van der Waals surface area contributed by atoms with Gasteiger partial charge in [0.25, 0.3) is 0 Å². The summed E-state index contributed by atoms with van der Waals surface area (Å²) in [5.41, 5.74) is 2.29. The average Bonchev–Trinajstić information content (AvgIpc) is 3.64. The molecule has 0 spiro atoms. The maximum absolute atomic E-state index is 4.23. The van der Waals surface area contributed by atoms with Crippen LogP contribution in [-0.4, -0.2) is 19.6 Å². The molecule has 0 bridgehead atoms. The number of allylic oxidation sites excluding steroid dienone is 2. The number of aromatic nitrogens is 4. The Labute approximate surface area is 208 Å². The summed E-state index contributed by atoms with van der Waals surface area (Å²) in [6.45, 7) is 6.72. The van der Waals surface area contributed by atoms with Gasteiger partial charge in [0.15, 0.2) is 0 Å². The Kier molecular flexibility index (Phi) is 8.53. The molecule has 2 heterocycles. The van der Waals surface area contributed by atoms with Gasteiger partial charge in [0.05, 0.1) is 0 Å². The first-order chi connectivity index (χ1) is 15.8.